The molecule has 0 aromatic heterocycles. The Kier molecular flexibility index (Phi) is 1.60. The summed E-state index contributed by atoms with van der Waals surface area (Å²) in [5.41, 5.74) is 0. The molecule has 0 radical (unpaired) electrons. The molecule has 1 aliphatic heterocycles. The van der Waals surface area contributed by atoms with E-state index in [0.717, 1.165) is 19.4 Å². The summed E-state index contributed by atoms with van der Waals surface area (Å²) in [4.78, 5) is 10.2. The molecule has 0 amide bonds. The van der Waals surface area contributed by atoms with Crippen LogP contribution in [0.5, 0.6) is 0 Å². The van der Waals surface area contributed by atoms with Crippen LogP contribution in [0.4, 0.5) is 0 Å². The van der Waals surface area contributed by atoms with E-state index in [4.69, 9.17) is 9.84 Å². The van der Waals surface area contributed by atoms with Gasteiger partial charge in [0.15, 0.2) is 0 Å². The number of hydrogen-bond donors (Lipinski definition) is 1. The lowest BCUT2D eigenvalue weighted by Crippen LogP contribution is -2.00. The molecule has 1 heterocycles. The highest BCUT2D eigenvalue weighted by atomic mass is 16.5. The van der Waals surface area contributed by atoms with Crippen molar-refractivity contribution in [2.75, 3.05) is 6.61 Å². The molecular formula is C8H12O3. The largest absolute Gasteiger partial charge is 0.481 e. The smallest absolute Gasteiger partial charge is 0.303 e. The number of aliphatic carboxylic acids is 1. The lowest BCUT2D eigenvalue weighted by atomic mass is 10.1. The summed E-state index contributed by atoms with van der Waals surface area (Å²) in [5.74, 6) is 0.587. The number of ether oxygens (including phenoxy) is 1. The van der Waals surface area contributed by atoms with Crippen molar-refractivity contribution in [2.45, 2.75) is 25.4 Å². The van der Waals surface area contributed by atoms with Crippen LogP contribution in [0.15, 0.2) is 0 Å². The predicted octanol–water partition coefficient (Wildman–Crippen LogP) is 0.886. The van der Waals surface area contributed by atoms with Gasteiger partial charge in [-0.2, -0.15) is 0 Å². The highest BCUT2D eigenvalue weighted by molar-refractivity contribution is 5.66. The van der Waals surface area contributed by atoms with Crippen molar-refractivity contribution >= 4 is 5.97 Å². The van der Waals surface area contributed by atoms with E-state index in [2.05, 4.69) is 0 Å². The van der Waals surface area contributed by atoms with Crippen molar-refractivity contribution in [3.63, 3.8) is 0 Å². The maximum atomic E-state index is 10.2. The van der Waals surface area contributed by atoms with Gasteiger partial charge in [0, 0.05) is 13.0 Å². The second kappa shape index (κ2) is 2.48. The van der Waals surface area contributed by atoms with Gasteiger partial charge >= 0.3 is 5.97 Å². The molecule has 3 unspecified atom stereocenters. The van der Waals surface area contributed by atoms with Crippen LogP contribution in [0.2, 0.25) is 0 Å². The molecule has 3 nitrogen and oxygen atoms in total. The Balaban J connectivity index is 1.71. The van der Waals surface area contributed by atoms with Gasteiger partial charge < -0.3 is 9.84 Å². The first-order valence-corrected chi connectivity index (χ1v) is 4.12. The number of carboxylic acid groups (broad SMARTS) is 1. The van der Waals surface area contributed by atoms with E-state index in [9.17, 15) is 4.79 Å². The van der Waals surface area contributed by atoms with E-state index in [0.29, 0.717) is 24.4 Å². The molecule has 2 fully saturated rings. The lowest BCUT2D eigenvalue weighted by molar-refractivity contribution is -0.137. The average Bonchev–Trinajstić information content (AvgIpc) is 2.44. The van der Waals surface area contributed by atoms with Crippen molar-refractivity contribution in [3.8, 4) is 0 Å². The number of carboxylic acids is 1. The van der Waals surface area contributed by atoms with Gasteiger partial charge in [0.1, 0.15) is 0 Å². The third kappa shape index (κ3) is 1.25. The minimum atomic E-state index is -0.685. The molecule has 2 rings (SSSR count). The molecule has 3 atom stereocenters. The monoisotopic (exact) mass is 156 g/mol. The lowest BCUT2D eigenvalue weighted by Gasteiger charge is -1.99. The second-order valence-corrected chi connectivity index (χ2v) is 3.38. The molecule has 2 aliphatic rings. The maximum Gasteiger partial charge on any atom is 0.303 e. The molecule has 1 saturated heterocycles. The Hall–Kier alpha value is -0.570. The molecule has 1 N–H and O–H groups in total. The summed E-state index contributed by atoms with van der Waals surface area (Å²) in [6, 6.07) is 0. The topological polar surface area (TPSA) is 46.5 Å². The van der Waals surface area contributed by atoms with Gasteiger partial charge in [-0.25, -0.2) is 0 Å². The fourth-order valence-corrected chi connectivity index (χ4v) is 2.04. The van der Waals surface area contributed by atoms with Gasteiger partial charge in [-0.1, -0.05) is 0 Å². The van der Waals surface area contributed by atoms with Crippen LogP contribution in [0.3, 0.4) is 0 Å². The normalized spacial score (nSPS) is 40.2. The molecule has 11 heavy (non-hydrogen) atoms. The van der Waals surface area contributed by atoms with Gasteiger partial charge in [0.05, 0.1) is 6.10 Å². The molecular weight excluding hydrogens is 144 g/mol. The van der Waals surface area contributed by atoms with Crippen molar-refractivity contribution in [3.05, 3.63) is 0 Å². The fraction of sp³-hybridized carbons (Fsp3) is 0.875. The second-order valence-electron chi connectivity index (χ2n) is 3.38. The van der Waals surface area contributed by atoms with E-state index in [1.807, 2.05) is 0 Å². The minimum Gasteiger partial charge on any atom is -0.481 e. The van der Waals surface area contributed by atoms with E-state index < -0.39 is 5.97 Å². The molecule has 62 valence electrons. The third-order valence-electron chi connectivity index (χ3n) is 2.71. The van der Waals surface area contributed by atoms with Gasteiger partial charge in [0.25, 0.3) is 0 Å². The summed E-state index contributed by atoms with van der Waals surface area (Å²) in [5, 5.41) is 8.41. The SMILES string of the molecule is O=C(O)CCC1C2CCOC21. The zero-order chi connectivity index (χ0) is 7.84. The third-order valence-corrected chi connectivity index (χ3v) is 2.71. The Morgan fingerprint density at radius 1 is 1.64 bits per heavy atom. The quantitative estimate of drug-likeness (QED) is 0.660. The molecule has 3 heteroatoms. The Bertz CT molecular complexity index is 168. The molecule has 0 spiro atoms. The van der Waals surface area contributed by atoms with Gasteiger partial charge in [-0.05, 0) is 24.7 Å². The van der Waals surface area contributed by atoms with Gasteiger partial charge in [0.2, 0.25) is 0 Å². The van der Waals surface area contributed by atoms with Crippen molar-refractivity contribution in [2.24, 2.45) is 11.8 Å². The van der Waals surface area contributed by atoms with E-state index in [1.54, 1.807) is 0 Å². The van der Waals surface area contributed by atoms with Gasteiger partial charge in [-0.15, -0.1) is 0 Å². The Morgan fingerprint density at radius 2 is 2.45 bits per heavy atom. The molecule has 1 saturated carbocycles. The van der Waals surface area contributed by atoms with Crippen molar-refractivity contribution < 1.29 is 14.6 Å². The summed E-state index contributed by atoms with van der Waals surface area (Å²) in [7, 11) is 0. The summed E-state index contributed by atoms with van der Waals surface area (Å²) in [6.45, 7) is 0.888. The van der Waals surface area contributed by atoms with Crippen LogP contribution in [-0.2, 0) is 9.53 Å². The number of fused-ring (bicyclic) bond motifs is 1. The van der Waals surface area contributed by atoms with Crippen molar-refractivity contribution in [1.82, 2.24) is 0 Å². The zero-order valence-electron chi connectivity index (χ0n) is 6.32. The van der Waals surface area contributed by atoms with Crippen LogP contribution in [0, 0.1) is 11.8 Å². The van der Waals surface area contributed by atoms with Crippen LogP contribution in [0.25, 0.3) is 0 Å². The standard InChI is InChI=1S/C8H12O3/c9-7(10)2-1-5-6-3-4-11-8(5)6/h5-6,8H,1-4H2,(H,9,10). The maximum absolute atomic E-state index is 10.2. The number of hydrogen-bond acceptors (Lipinski definition) is 2. The van der Waals surface area contributed by atoms with Crippen LogP contribution in [-0.4, -0.2) is 23.8 Å². The first-order valence-electron chi connectivity index (χ1n) is 4.12. The fourth-order valence-electron chi connectivity index (χ4n) is 2.04. The van der Waals surface area contributed by atoms with E-state index >= 15 is 0 Å². The predicted molar refractivity (Wildman–Crippen MR) is 38.2 cm³/mol. The minimum absolute atomic E-state index is 0.307. The first kappa shape index (κ1) is 7.10. The highest BCUT2D eigenvalue weighted by Crippen LogP contribution is 2.51. The molecule has 0 aromatic carbocycles. The number of carbonyl (C=O) groups is 1. The van der Waals surface area contributed by atoms with Crippen LogP contribution >= 0.6 is 0 Å². The average molecular weight is 156 g/mol. The summed E-state index contributed by atoms with van der Waals surface area (Å²) in [6.07, 6.45) is 2.69. The van der Waals surface area contributed by atoms with Crippen LogP contribution in [0.1, 0.15) is 19.3 Å². The molecule has 1 aliphatic carbocycles. The van der Waals surface area contributed by atoms with Crippen molar-refractivity contribution in [1.29, 1.82) is 0 Å². The molecule has 0 bridgehead atoms. The Morgan fingerprint density at radius 3 is 3.00 bits per heavy atom. The summed E-state index contributed by atoms with van der Waals surface area (Å²) >= 11 is 0. The van der Waals surface area contributed by atoms with E-state index in [-0.39, 0.29) is 0 Å². The van der Waals surface area contributed by atoms with Crippen LogP contribution < -0.4 is 0 Å². The highest BCUT2D eigenvalue weighted by Gasteiger charge is 2.53. The van der Waals surface area contributed by atoms with Gasteiger partial charge in [-0.3, -0.25) is 4.79 Å². The first-order chi connectivity index (χ1) is 5.29. The number of rotatable bonds is 3. The van der Waals surface area contributed by atoms with E-state index in [1.165, 1.54) is 0 Å². The molecule has 0 aromatic rings. The Labute approximate surface area is 65.4 Å². The summed E-state index contributed by atoms with van der Waals surface area (Å²) < 4.78 is 5.38. The zero-order valence-corrected chi connectivity index (χ0v) is 6.32.